The van der Waals surface area contributed by atoms with Crippen molar-refractivity contribution in [2.75, 3.05) is 31.7 Å². The van der Waals surface area contributed by atoms with Gasteiger partial charge in [0.15, 0.2) is 0 Å². The molecule has 2 rings (SSSR count). The largest absolute Gasteiger partial charge is 0.379 e. The highest BCUT2D eigenvalue weighted by molar-refractivity contribution is 9.10. The van der Waals surface area contributed by atoms with Crippen LogP contribution >= 0.6 is 15.9 Å². The van der Waals surface area contributed by atoms with E-state index in [0.717, 1.165) is 36.7 Å². The van der Waals surface area contributed by atoms with Crippen molar-refractivity contribution in [1.82, 2.24) is 15.0 Å². The Morgan fingerprint density at radius 1 is 1.36 bits per heavy atom. The number of hydrogen-bond donors (Lipinski definition) is 1. The van der Waals surface area contributed by atoms with Gasteiger partial charge in [-0.3, -0.25) is 0 Å². The number of hydrazine groups is 1. The molecule has 1 aromatic rings. The van der Waals surface area contributed by atoms with Gasteiger partial charge in [-0.15, -0.1) is 0 Å². The van der Waals surface area contributed by atoms with Crippen LogP contribution in [0.2, 0.25) is 0 Å². The van der Waals surface area contributed by atoms with E-state index in [9.17, 15) is 0 Å². The molecule has 14 heavy (non-hydrogen) atoms. The average Bonchev–Trinajstić information content (AvgIpc) is 2.19. The molecule has 1 saturated heterocycles. The molecule has 0 saturated carbocycles. The second kappa shape index (κ2) is 4.68. The van der Waals surface area contributed by atoms with Gasteiger partial charge in [-0.05, 0) is 15.9 Å². The molecule has 0 aromatic carbocycles. The van der Waals surface area contributed by atoms with Crippen molar-refractivity contribution < 1.29 is 4.74 Å². The van der Waals surface area contributed by atoms with Gasteiger partial charge in [0.1, 0.15) is 16.7 Å². The third-order valence-corrected chi connectivity index (χ3v) is 2.35. The Morgan fingerprint density at radius 2 is 2.14 bits per heavy atom. The number of aromatic nitrogens is 2. The van der Waals surface area contributed by atoms with Gasteiger partial charge < -0.3 is 10.2 Å². The number of ether oxygens (including phenoxy) is 1. The monoisotopic (exact) mass is 258 g/mol. The Kier molecular flexibility index (Phi) is 3.28. The second-order valence-corrected chi connectivity index (χ2v) is 3.75. The van der Waals surface area contributed by atoms with Crippen LogP contribution in [-0.2, 0) is 4.74 Å². The van der Waals surface area contributed by atoms with E-state index in [1.165, 1.54) is 6.33 Å². The molecule has 1 aliphatic rings. The van der Waals surface area contributed by atoms with E-state index in [-0.39, 0.29) is 0 Å². The molecule has 1 aliphatic heterocycles. The van der Waals surface area contributed by atoms with Gasteiger partial charge in [-0.2, -0.15) is 0 Å². The molecule has 1 N–H and O–H groups in total. The number of halogens is 1. The summed E-state index contributed by atoms with van der Waals surface area (Å²) in [6.45, 7) is 3.28. The second-order valence-electron chi connectivity index (χ2n) is 2.94. The normalized spacial score (nSPS) is 18.1. The number of nitrogens with one attached hydrogen (secondary N) is 1. The lowest BCUT2D eigenvalue weighted by Gasteiger charge is -2.27. The summed E-state index contributed by atoms with van der Waals surface area (Å²) >= 11 is 3.29. The van der Waals surface area contributed by atoms with E-state index in [1.807, 2.05) is 6.07 Å². The third-order valence-electron chi connectivity index (χ3n) is 1.92. The Morgan fingerprint density at radius 3 is 2.86 bits per heavy atom. The molecule has 0 radical (unpaired) electrons. The van der Waals surface area contributed by atoms with Crippen molar-refractivity contribution in [1.29, 1.82) is 0 Å². The number of rotatable bonds is 2. The summed E-state index contributed by atoms with van der Waals surface area (Å²) in [5, 5.41) is 2.08. The molecule has 0 atom stereocenters. The number of hydrogen-bond acceptors (Lipinski definition) is 5. The fourth-order valence-electron chi connectivity index (χ4n) is 1.23. The highest BCUT2D eigenvalue weighted by atomic mass is 79.9. The maximum atomic E-state index is 5.24. The SMILES string of the molecule is Brc1cc(NN2CCOCC2)ncn1. The van der Waals surface area contributed by atoms with Crippen molar-refractivity contribution in [2.24, 2.45) is 0 Å². The summed E-state index contributed by atoms with van der Waals surface area (Å²) in [6.07, 6.45) is 1.52. The first-order valence-electron chi connectivity index (χ1n) is 4.41. The Bertz CT molecular complexity index is 303. The average molecular weight is 259 g/mol. The Labute approximate surface area is 90.6 Å². The predicted molar refractivity (Wildman–Crippen MR) is 55.7 cm³/mol. The summed E-state index contributed by atoms with van der Waals surface area (Å²) < 4.78 is 6.02. The van der Waals surface area contributed by atoms with Gasteiger partial charge in [-0.1, -0.05) is 0 Å². The van der Waals surface area contributed by atoms with Crippen LogP contribution in [0, 0.1) is 0 Å². The lowest BCUT2D eigenvalue weighted by molar-refractivity contribution is 0.0495. The third kappa shape index (κ3) is 2.63. The molecule has 0 bridgehead atoms. The van der Waals surface area contributed by atoms with E-state index < -0.39 is 0 Å². The van der Waals surface area contributed by atoms with Crippen LogP contribution in [0.3, 0.4) is 0 Å². The first kappa shape index (κ1) is 9.82. The first-order chi connectivity index (χ1) is 6.84. The molecule has 0 spiro atoms. The van der Waals surface area contributed by atoms with Crippen LogP contribution in [0.1, 0.15) is 0 Å². The van der Waals surface area contributed by atoms with Crippen molar-refractivity contribution in [2.45, 2.75) is 0 Å². The van der Waals surface area contributed by atoms with Gasteiger partial charge >= 0.3 is 0 Å². The zero-order valence-electron chi connectivity index (χ0n) is 7.61. The summed E-state index contributed by atoms with van der Waals surface area (Å²) in [7, 11) is 0. The van der Waals surface area contributed by atoms with Crippen LogP contribution < -0.4 is 5.43 Å². The minimum atomic E-state index is 0.763. The Hall–Kier alpha value is -0.720. The minimum absolute atomic E-state index is 0.763. The zero-order chi connectivity index (χ0) is 9.80. The topological polar surface area (TPSA) is 50.3 Å². The number of morpholine rings is 1. The molecule has 76 valence electrons. The molecular weight excluding hydrogens is 248 g/mol. The van der Waals surface area contributed by atoms with E-state index >= 15 is 0 Å². The molecule has 1 fully saturated rings. The zero-order valence-corrected chi connectivity index (χ0v) is 9.20. The minimum Gasteiger partial charge on any atom is -0.379 e. The standard InChI is InChI=1S/C8H11BrN4O/c9-7-5-8(11-6-10-7)12-13-1-3-14-4-2-13/h5-6H,1-4H2,(H,10,11,12). The van der Waals surface area contributed by atoms with Crippen LogP contribution in [0.4, 0.5) is 5.82 Å². The van der Waals surface area contributed by atoms with Gasteiger partial charge in [0, 0.05) is 19.2 Å². The lowest BCUT2D eigenvalue weighted by atomic mass is 10.5. The van der Waals surface area contributed by atoms with Crippen LogP contribution in [0.25, 0.3) is 0 Å². The van der Waals surface area contributed by atoms with Gasteiger partial charge in [-0.25, -0.2) is 15.0 Å². The van der Waals surface area contributed by atoms with E-state index in [0.29, 0.717) is 0 Å². The smallest absolute Gasteiger partial charge is 0.144 e. The van der Waals surface area contributed by atoms with Crippen LogP contribution in [0.15, 0.2) is 17.0 Å². The van der Waals surface area contributed by atoms with Crippen LogP contribution in [-0.4, -0.2) is 41.3 Å². The van der Waals surface area contributed by atoms with Crippen molar-refractivity contribution in [3.05, 3.63) is 17.0 Å². The highest BCUT2D eigenvalue weighted by Crippen LogP contribution is 2.10. The van der Waals surface area contributed by atoms with Gasteiger partial charge in [0.25, 0.3) is 0 Å². The number of anilines is 1. The highest BCUT2D eigenvalue weighted by Gasteiger charge is 2.10. The fourth-order valence-corrected chi connectivity index (χ4v) is 1.54. The summed E-state index contributed by atoms with van der Waals surface area (Å²) in [5.74, 6) is 0.800. The molecule has 0 unspecified atom stereocenters. The van der Waals surface area contributed by atoms with Crippen molar-refractivity contribution >= 4 is 21.7 Å². The summed E-state index contributed by atoms with van der Waals surface area (Å²) in [5.41, 5.74) is 3.19. The lowest BCUT2D eigenvalue weighted by Crippen LogP contribution is -2.40. The predicted octanol–water partition coefficient (Wildman–Crippen LogP) is 0.898. The molecule has 0 aliphatic carbocycles. The summed E-state index contributed by atoms with van der Waals surface area (Å²) in [6, 6.07) is 1.84. The van der Waals surface area contributed by atoms with E-state index in [1.54, 1.807) is 0 Å². The molecule has 6 heteroatoms. The molecular formula is C8H11BrN4O. The quantitative estimate of drug-likeness (QED) is 0.799. The van der Waals surface area contributed by atoms with Crippen LogP contribution in [0.5, 0.6) is 0 Å². The summed E-state index contributed by atoms with van der Waals surface area (Å²) in [4.78, 5) is 8.05. The van der Waals surface area contributed by atoms with E-state index in [4.69, 9.17) is 4.74 Å². The first-order valence-corrected chi connectivity index (χ1v) is 5.21. The molecule has 2 heterocycles. The van der Waals surface area contributed by atoms with Gasteiger partial charge in [0.2, 0.25) is 0 Å². The Balaban J connectivity index is 1.95. The van der Waals surface area contributed by atoms with Crippen molar-refractivity contribution in [3.63, 3.8) is 0 Å². The maximum Gasteiger partial charge on any atom is 0.144 e. The molecule has 1 aromatic heterocycles. The maximum absolute atomic E-state index is 5.24. The van der Waals surface area contributed by atoms with Gasteiger partial charge in [0.05, 0.1) is 13.2 Å². The molecule has 0 amide bonds. The molecule has 5 nitrogen and oxygen atoms in total. The van der Waals surface area contributed by atoms with Crippen molar-refractivity contribution in [3.8, 4) is 0 Å². The number of nitrogens with zero attached hydrogens (tertiary/aromatic N) is 3. The fraction of sp³-hybridized carbons (Fsp3) is 0.500. The van der Waals surface area contributed by atoms with E-state index in [2.05, 4.69) is 36.3 Å².